The quantitative estimate of drug-likeness (QED) is 0.806. The number of aromatic nitrogens is 1. The lowest BCUT2D eigenvalue weighted by Crippen LogP contribution is -2.31. The van der Waals surface area contributed by atoms with Crippen LogP contribution in [0.25, 0.3) is 0 Å². The van der Waals surface area contributed by atoms with Gasteiger partial charge in [0.25, 0.3) is 0 Å². The first-order valence-electron chi connectivity index (χ1n) is 7.38. The van der Waals surface area contributed by atoms with Crippen molar-refractivity contribution in [2.24, 2.45) is 5.92 Å². The lowest BCUT2D eigenvalue weighted by molar-refractivity contribution is 0.0526. The zero-order valence-corrected chi connectivity index (χ0v) is 11.8. The molecule has 2 N–H and O–H groups in total. The van der Waals surface area contributed by atoms with Crippen molar-refractivity contribution in [1.82, 2.24) is 4.98 Å². The molecule has 1 aromatic heterocycles. The molecule has 3 rings (SSSR count). The van der Waals surface area contributed by atoms with E-state index in [-0.39, 0.29) is 5.97 Å². The molecule has 0 radical (unpaired) electrons. The van der Waals surface area contributed by atoms with Crippen molar-refractivity contribution in [3.8, 4) is 0 Å². The Morgan fingerprint density at radius 2 is 2.20 bits per heavy atom. The fourth-order valence-electron chi connectivity index (χ4n) is 2.43. The Morgan fingerprint density at radius 1 is 1.45 bits per heavy atom. The number of rotatable bonds is 6. The van der Waals surface area contributed by atoms with E-state index in [9.17, 15) is 4.79 Å². The number of nitrogens with two attached hydrogens (primary N) is 1. The molecule has 5 nitrogen and oxygen atoms in total. The van der Waals surface area contributed by atoms with Gasteiger partial charge in [-0.05, 0) is 44.6 Å². The van der Waals surface area contributed by atoms with Crippen LogP contribution in [0, 0.1) is 5.92 Å². The lowest BCUT2D eigenvalue weighted by atomic mass is 10.2. The van der Waals surface area contributed by atoms with Gasteiger partial charge in [0.05, 0.1) is 18.5 Å². The van der Waals surface area contributed by atoms with Crippen molar-refractivity contribution in [1.29, 1.82) is 0 Å². The van der Waals surface area contributed by atoms with Gasteiger partial charge in [0.1, 0.15) is 11.4 Å². The van der Waals surface area contributed by atoms with Gasteiger partial charge >= 0.3 is 5.97 Å². The summed E-state index contributed by atoms with van der Waals surface area (Å²) in [6, 6.07) is 2.21. The molecular formula is C15H21N3O2. The number of hydrogen-bond donors (Lipinski definition) is 1. The molecular weight excluding hydrogens is 254 g/mol. The summed E-state index contributed by atoms with van der Waals surface area (Å²) in [4.78, 5) is 18.8. The van der Waals surface area contributed by atoms with Gasteiger partial charge < -0.3 is 15.4 Å². The first kappa shape index (κ1) is 13.2. The summed E-state index contributed by atoms with van der Waals surface area (Å²) in [5.74, 6) is 1.17. The maximum Gasteiger partial charge on any atom is 0.341 e. The van der Waals surface area contributed by atoms with Crippen LogP contribution in [0.1, 0.15) is 43.0 Å². The fourth-order valence-corrected chi connectivity index (χ4v) is 2.43. The van der Waals surface area contributed by atoms with Crippen LogP contribution in [0.15, 0.2) is 12.3 Å². The Bertz CT molecular complexity index is 510. The summed E-state index contributed by atoms with van der Waals surface area (Å²) in [5.41, 5.74) is 6.78. The van der Waals surface area contributed by atoms with E-state index in [4.69, 9.17) is 10.5 Å². The molecule has 0 saturated heterocycles. The maximum absolute atomic E-state index is 12.1. The van der Waals surface area contributed by atoms with Gasteiger partial charge in [-0.1, -0.05) is 0 Å². The molecule has 0 spiro atoms. The maximum atomic E-state index is 12.1. The second-order valence-corrected chi connectivity index (χ2v) is 5.69. The van der Waals surface area contributed by atoms with Crippen molar-refractivity contribution < 1.29 is 9.53 Å². The van der Waals surface area contributed by atoms with Gasteiger partial charge in [-0.25, -0.2) is 9.78 Å². The largest absolute Gasteiger partial charge is 0.462 e. The Kier molecular flexibility index (Phi) is 3.51. The number of anilines is 2. The van der Waals surface area contributed by atoms with Crippen LogP contribution >= 0.6 is 0 Å². The molecule has 2 saturated carbocycles. The van der Waals surface area contributed by atoms with Gasteiger partial charge in [-0.15, -0.1) is 0 Å². The van der Waals surface area contributed by atoms with Crippen molar-refractivity contribution in [3.63, 3.8) is 0 Å². The van der Waals surface area contributed by atoms with Crippen LogP contribution < -0.4 is 10.6 Å². The van der Waals surface area contributed by atoms with E-state index in [0.29, 0.717) is 23.9 Å². The predicted molar refractivity (Wildman–Crippen MR) is 77.7 cm³/mol. The number of pyridine rings is 1. The minimum absolute atomic E-state index is 0.330. The van der Waals surface area contributed by atoms with E-state index >= 15 is 0 Å². The highest BCUT2D eigenvalue weighted by Gasteiger charge is 2.36. The number of esters is 1. The summed E-state index contributed by atoms with van der Waals surface area (Å²) in [6.07, 6.45) is 6.56. The molecule has 2 aliphatic rings. The van der Waals surface area contributed by atoms with Gasteiger partial charge in [0, 0.05) is 12.6 Å². The Balaban J connectivity index is 1.90. The Hall–Kier alpha value is -1.78. The molecule has 5 heteroatoms. The van der Waals surface area contributed by atoms with Gasteiger partial charge in [-0.2, -0.15) is 0 Å². The minimum Gasteiger partial charge on any atom is -0.462 e. The van der Waals surface area contributed by atoms with E-state index in [1.165, 1.54) is 25.7 Å². The average molecular weight is 275 g/mol. The van der Waals surface area contributed by atoms with Crippen LogP contribution in [0.5, 0.6) is 0 Å². The molecule has 1 heterocycles. The third-order valence-corrected chi connectivity index (χ3v) is 3.79. The topological polar surface area (TPSA) is 68.5 Å². The van der Waals surface area contributed by atoms with E-state index in [2.05, 4.69) is 9.88 Å². The molecule has 0 amide bonds. The molecule has 0 atom stereocenters. The number of nitrogens with zero attached hydrogens (tertiary/aromatic N) is 2. The fraction of sp³-hybridized carbons (Fsp3) is 0.600. The number of carbonyl (C=O) groups is 1. The molecule has 20 heavy (non-hydrogen) atoms. The van der Waals surface area contributed by atoms with Crippen molar-refractivity contribution in [2.45, 2.75) is 38.6 Å². The number of hydrogen-bond acceptors (Lipinski definition) is 5. The van der Waals surface area contributed by atoms with Gasteiger partial charge in [-0.3, -0.25) is 0 Å². The number of ether oxygens (including phenoxy) is 1. The molecule has 0 aliphatic heterocycles. The van der Waals surface area contributed by atoms with Crippen LogP contribution in [-0.2, 0) is 4.74 Å². The molecule has 1 aromatic rings. The van der Waals surface area contributed by atoms with Crippen LogP contribution in [0.2, 0.25) is 0 Å². The predicted octanol–water partition coefficient (Wildman–Crippen LogP) is 2.22. The van der Waals surface area contributed by atoms with E-state index in [1.807, 2.05) is 0 Å². The monoisotopic (exact) mass is 275 g/mol. The van der Waals surface area contributed by atoms with Crippen LogP contribution in [0.3, 0.4) is 0 Å². The molecule has 2 fully saturated rings. The standard InChI is InChI=1S/C15H21N3O2/c1-2-20-15(19)13-7-11(16)8-17-14(13)18(12-5-6-12)9-10-3-4-10/h7-8,10,12H,2-6,9,16H2,1H3. The zero-order chi connectivity index (χ0) is 14.1. The molecule has 0 aromatic carbocycles. The third kappa shape index (κ3) is 2.86. The number of carbonyl (C=O) groups excluding carboxylic acids is 1. The first-order chi connectivity index (χ1) is 9.69. The molecule has 2 aliphatic carbocycles. The highest BCUT2D eigenvalue weighted by atomic mass is 16.5. The Morgan fingerprint density at radius 3 is 2.80 bits per heavy atom. The van der Waals surface area contributed by atoms with Crippen molar-refractivity contribution in [2.75, 3.05) is 23.8 Å². The second-order valence-electron chi connectivity index (χ2n) is 5.69. The normalized spacial score (nSPS) is 17.9. The van der Waals surface area contributed by atoms with E-state index in [0.717, 1.165) is 18.3 Å². The van der Waals surface area contributed by atoms with Gasteiger partial charge in [0.2, 0.25) is 0 Å². The number of nitrogen functional groups attached to an aromatic ring is 1. The third-order valence-electron chi connectivity index (χ3n) is 3.79. The van der Waals surface area contributed by atoms with Crippen LogP contribution in [0.4, 0.5) is 11.5 Å². The second kappa shape index (κ2) is 5.31. The minimum atomic E-state index is -0.330. The van der Waals surface area contributed by atoms with Gasteiger partial charge in [0.15, 0.2) is 0 Å². The average Bonchev–Trinajstić information content (AvgIpc) is 3.29. The van der Waals surface area contributed by atoms with Crippen LogP contribution in [-0.4, -0.2) is 30.1 Å². The summed E-state index contributed by atoms with van der Waals surface area (Å²) in [7, 11) is 0. The first-order valence-corrected chi connectivity index (χ1v) is 7.38. The zero-order valence-electron chi connectivity index (χ0n) is 11.8. The summed E-state index contributed by atoms with van der Waals surface area (Å²) < 4.78 is 5.13. The molecule has 108 valence electrons. The van der Waals surface area contributed by atoms with Crippen molar-refractivity contribution in [3.05, 3.63) is 17.8 Å². The summed E-state index contributed by atoms with van der Waals surface area (Å²) >= 11 is 0. The summed E-state index contributed by atoms with van der Waals surface area (Å²) in [5, 5.41) is 0. The molecule has 0 bridgehead atoms. The highest BCUT2D eigenvalue weighted by Crippen LogP contribution is 2.38. The van der Waals surface area contributed by atoms with Crippen molar-refractivity contribution >= 4 is 17.5 Å². The smallest absolute Gasteiger partial charge is 0.341 e. The SMILES string of the molecule is CCOC(=O)c1cc(N)cnc1N(CC1CC1)C1CC1. The lowest BCUT2D eigenvalue weighted by Gasteiger charge is -2.25. The molecule has 0 unspecified atom stereocenters. The Labute approximate surface area is 119 Å². The highest BCUT2D eigenvalue weighted by molar-refractivity contribution is 5.95. The van der Waals surface area contributed by atoms with E-state index < -0.39 is 0 Å². The van der Waals surface area contributed by atoms with E-state index in [1.54, 1.807) is 19.2 Å². The summed E-state index contributed by atoms with van der Waals surface area (Å²) in [6.45, 7) is 3.16.